The smallest absolute Gasteiger partial charge is 0.136 e. The molecule has 0 aromatic heterocycles. The van der Waals surface area contributed by atoms with Crippen molar-refractivity contribution >= 4 is 33.5 Å². The van der Waals surface area contributed by atoms with Crippen LogP contribution in [-0.2, 0) is 0 Å². The fraction of sp³-hybridized carbons (Fsp3) is 0. The highest BCUT2D eigenvalue weighted by molar-refractivity contribution is 6.71. The third kappa shape index (κ3) is 3.38. The van der Waals surface area contributed by atoms with Gasteiger partial charge < -0.3 is 0 Å². The average Bonchev–Trinajstić information content (AvgIpc) is 2.46. The molecule has 0 bridgehead atoms. The molecule has 0 saturated heterocycles. The maximum atomic E-state index is 6.02. The molecule has 0 spiro atoms. The van der Waals surface area contributed by atoms with Gasteiger partial charge in [-0.05, 0) is 0 Å². The zero-order chi connectivity index (χ0) is 12.8. The van der Waals surface area contributed by atoms with E-state index in [0.717, 1.165) is 11.1 Å². The Hall–Kier alpha value is -1.73. The first kappa shape index (κ1) is 12.7. The number of hydrogen-bond donors (Lipinski definition) is 0. The Kier molecular flexibility index (Phi) is 4.43. The van der Waals surface area contributed by atoms with E-state index in [2.05, 4.69) is 16.3 Å². The zero-order valence-corrected chi connectivity index (χ0v) is 10.9. The lowest BCUT2D eigenvalue weighted by Crippen LogP contribution is -1.94. The van der Waals surface area contributed by atoms with E-state index in [9.17, 15) is 0 Å². The molecule has 2 nitrogen and oxygen atoms in total. The Morgan fingerprint density at radius 2 is 1.72 bits per heavy atom. The highest BCUT2D eigenvalue weighted by Gasteiger charge is 2.08. The molecule has 0 unspecified atom stereocenters. The minimum Gasteiger partial charge on any atom is -0.136 e. The van der Waals surface area contributed by atoms with Crippen LogP contribution in [0.4, 0.5) is 0 Å². The largest absolute Gasteiger partial charge is 0.185 e. The molecule has 0 amide bonds. The molecule has 0 aliphatic heterocycles. The molecule has 1 aliphatic rings. The maximum absolute atomic E-state index is 6.02. The van der Waals surface area contributed by atoms with Gasteiger partial charge in [0.15, 0.2) is 10.3 Å². The summed E-state index contributed by atoms with van der Waals surface area (Å²) in [5.74, 6) is 0. The van der Waals surface area contributed by atoms with Crippen LogP contribution in [0.5, 0.6) is 0 Å². The Labute approximate surface area is 116 Å². The summed E-state index contributed by atoms with van der Waals surface area (Å²) in [4.78, 5) is 0. The highest BCUT2D eigenvalue weighted by Crippen LogP contribution is 2.11. The summed E-state index contributed by atoms with van der Waals surface area (Å²) in [5.41, 5.74) is 1.57. The van der Waals surface area contributed by atoms with E-state index in [1.54, 1.807) is 24.3 Å². The van der Waals surface area contributed by atoms with Gasteiger partial charge in [0.05, 0.1) is 12.2 Å². The summed E-state index contributed by atoms with van der Waals surface area (Å²) in [7, 11) is 0. The number of allylic oxidation sites excluding steroid dienone is 6. The van der Waals surface area contributed by atoms with Gasteiger partial charge in [0.25, 0.3) is 0 Å². The van der Waals surface area contributed by atoms with Gasteiger partial charge in [0.1, 0.15) is 17.7 Å². The Morgan fingerprint density at radius 1 is 1.00 bits per heavy atom. The molecule has 1 aliphatic carbocycles. The van der Waals surface area contributed by atoms with Crippen molar-refractivity contribution in [3.05, 3.63) is 71.8 Å². The standard InChI is InChI=1S/C14H9Cl2N2/c15-13(11-7-3-1-4-8-11)17-18-14(16)12-9-5-2-6-10-12/h1,3-10H/q+1/b17-13-,18-14-. The van der Waals surface area contributed by atoms with Gasteiger partial charge in [0.2, 0.25) is 0 Å². The van der Waals surface area contributed by atoms with Crippen LogP contribution in [0.1, 0.15) is 5.56 Å². The van der Waals surface area contributed by atoms with E-state index >= 15 is 0 Å². The van der Waals surface area contributed by atoms with Crippen LogP contribution in [0.2, 0.25) is 0 Å². The second kappa shape index (κ2) is 6.27. The molecule has 0 radical (unpaired) electrons. The van der Waals surface area contributed by atoms with Crippen molar-refractivity contribution in [3.8, 4) is 0 Å². The SMILES string of the molecule is Cl/C(=N\N=C(/Cl)c1ccccc1)C1=CC=[C+]C=C1. The molecule has 0 N–H and O–H groups in total. The van der Waals surface area contributed by atoms with E-state index in [-0.39, 0.29) is 5.17 Å². The van der Waals surface area contributed by atoms with Crippen LogP contribution in [0.25, 0.3) is 0 Å². The van der Waals surface area contributed by atoms with Crippen molar-refractivity contribution in [1.29, 1.82) is 0 Å². The minimum absolute atomic E-state index is 0.290. The van der Waals surface area contributed by atoms with E-state index in [1.165, 1.54) is 0 Å². The number of rotatable bonds is 3. The third-order valence-electron chi connectivity index (χ3n) is 2.19. The number of halogens is 2. The topological polar surface area (TPSA) is 24.7 Å². The molecule has 0 heterocycles. The normalized spacial score (nSPS) is 15.3. The molecule has 88 valence electrons. The van der Waals surface area contributed by atoms with Crippen molar-refractivity contribution in [3.63, 3.8) is 0 Å². The summed E-state index contributed by atoms with van der Waals surface area (Å²) < 4.78 is 0. The first-order valence-corrected chi connectivity index (χ1v) is 6.01. The van der Waals surface area contributed by atoms with Crippen LogP contribution in [0.15, 0.2) is 70.4 Å². The van der Waals surface area contributed by atoms with Gasteiger partial charge in [-0.1, -0.05) is 53.5 Å². The summed E-state index contributed by atoms with van der Waals surface area (Å²) in [6, 6.07) is 9.38. The van der Waals surface area contributed by atoms with Crippen LogP contribution in [0.3, 0.4) is 0 Å². The second-order valence-corrected chi connectivity index (χ2v) is 4.15. The lowest BCUT2D eigenvalue weighted by Gasteiger charge is -1.95. The van der Waals surface area contributed by atoms with Crippen LogP contribution in [-0.4, -0.2) is 10.3 Å². The molecular weight excluding hydrogens is 267 g/mol. The van der Waals surface area contributed by atoms with E-state index in [0.29, 0.717) is 5.17 Å². The quantitative estimate of drug-likeness (QED) is 0.451. The lowest BCUT2D eigenvalue weighted by atomic mass is 10.2. The molecule has 0 saturated carbocycles. The van der Waals surface area contributed by atoms with Crippen molar-refractivity contribution in [1.82, 2.24) is 0 Å². The lowest BCUT2D eigenvalue weighted by molar-refractivity contribution is 1.25. The van der Waals surface area contributed by atoms with Crippen molar-refractivity contribution in [2.45, 2.75) is 0 Å². The molecule has 0 atom stereocenters. The van der Waals surface area contributed by atoms with Crippen molar-refractivity contribution in [2.75, 3.05) is 0 Å². The van der Waals surface area contributed by atoms with Crippen LogP contribution in [0, 0.1) is 6.08 Å². The monoisotopic (exact) mass is 275 g/mol. The summed E-state index contributed by atoms with van der Waals surface area (Å²) >= 11 is 12.0. The van der Waals surface area contributed by atoms with Gasteiger partial charge >= 0.3 is 0 Å². The Morgan fingerprint density at radius 3 is 2.39 bits per heavy atom. The predicted molar refractivity (Wildman–Crippen MR) is 77.2 cm³/mol. The third-order valence-corrected chi connectivity index (χ3v) is 2.78. The van der Waals surface area contributed by atoms with Crippen molar-refractivity contribution in [2.24, 2.45) is 10.2 Å². The van der Waals surface area contributed by atoms with Gasteiger partial charge in [-0.15, -0.1) is 10.2 Å². The number of nitrogens with zero attached hydrogens (tertiary/aromatic N) is 2. The second-order valence-electron chi connectivity index (χ2n) is 3.44. The highest BCUT2D eigenvalue weighted by atomic mass is 35.5. The van der Waals surface area contributed by atoms with Gasteiger partial charge in [-0.2, -0.15) is 0 Å². The van der Waals surface area contributed by atoms with Gasteiger partial charge in [-0.3, -0.25) is 0 Å². The molecular formula is C14H9Cl2N2+. The van der Waals surface area contributed by atoms with Gasteiger partial charge in [-0.25, -0.2) is 0 Å². The van der Waals surface area contributed by atoms with Crippen molar-refractivity contribution < 1.29 is 0 Å². The number of hydrogen-bond acceptors (Lipinski definition) is 2. The molecule has 18 heavy (non-hydrogen) atoms. The minimum atomic E-state index is 0.290. The zero-order valence-electron chi connectivity index (χ0n) is 9.35. The maximum Gasteiger partial charge on any atom is 0.185 e. The summed E-state index contributed by atoms with van der Waals surface area (Å²) in [6.45, 7) is 0. The fourth-order valence-corrected chi connectivity index (χ4v) is 1.63. The Balaban J connectivity index is 2.17. The van der Waals surface area contributed by atoms with E-state index < -0.39 is 0 Å². The Bertz CT molecular complexity index is 567. The molecule has 2 rings (SSSR count). The fourth-order valence-electron chi connectivity index (χ4n) is 1.30. The number of benzene rings is 1. The first-order valence-electron chi connectivity index (χ1n) is 5.26. The van der Waals surface area contributed by atoms with E-state index in [1.807, 2.05) is 30.3 Å². The first-order chi connectivity index (χ1) is 8.77. The molecule has 1 aromatic rings. The summed E-state index contributed by atoms with van der Waals surface area (Å²) in [5, 5.41) is 8.39. The van der Waals surface area contributed by atoms with Crippen LogP contribution >= 0.6 is 23.2 Å². The molecule has 1 aromatic carbocycles. The summed E-state index contributed by atoms with van der Waals surface area (Å²) in [6.07, 6.45) is 10.0. The molecule has 0 fully saturated rings. The average molecular weight is 276 g/mol. The molecule has 4 heteroatoms. The predicted octanol–water partition coefficient (Wildman–Crippen LogP) is 4.08. The van der Waals surface area contributed by atoms with Gasteiger partial charge in [0, 0.05) is 11.6 Å². The van der Waals surface area contributed by atoms with E-state index in [4.69, 9.17) is 23.2 Å². The van der Waals surface area contributed by atoms with Crippen LogP contribution < -0.4 is 0 Å².